The van der Waals surface area contributed by atoms with Gasteiger partial charge in [-0.15, -0.1) is 0 Å². The predicted octanol–water partition coefficient (Wildman–Crippen LogP) is 2.12. The van der Waals surface area contributed by atoms with Crippen molar-refractivity contribution in [2.75, 3.05) is 39.8 Å². The van der Waals surface area contributed by atoms with Crippen LogP contribution in [0.2, 0.25) is 0 Å². The molecule has 0 bridgehead atoms. The van der Waals surface area contributed by atoms with E-state index in [1.807, 2.05) is 0 Å². The summed E-state index contributed by atoms with van der Waals surface area (Å²) in [6, 6.07) is 7.09. The molecule has 1 aromatic rings. The number of rotatable bonds is 6. The molecule has 2 rings (SSSR count). The number of hydrogen-bond acceptors (Lipinski definition) is 3. The molecular weight excluding hydrogens is 316 g/mol. The van der Waals surface area contributed by atoms with Crippen molar-refractivity contribution in [2.45, 2.75) is 26.7 Å². The van der Waals surface area contributed by atoms with Crippen LogP contribution in [0.15, 0.2) is 29.3 Å². The molecule has 0 unspecified atom stereocenters. The molecule has 138 valence electrons. The van der Waals surface area contributed by atoms with Crippen LogP contribution in [0.4, 0.5) is 0 Å². The second-order valence-electron chi connectivity index (χ2n) is 6.39. The first-order chi connectivity index (χ1) is 12.1. The summed E-state index contributed by atoms with van der Waals surface area (Å²) in [6.07, 6.45) is 2.41. The van der Waals surface area contributed by atoms with E-state index in [0.717, 1.165) is 37.3 Å². The summed E-state index contributed by atoms with van der Waals surface area (Å²) in [5, 5.41) is 6.26. The number of benzene rings is 1. The van der Waals surface area contributed by atoms with E-state index in [9.17, 15) is 4.79 Å². The van der Waals surface area contributed by atoms with Crippen molar-refractivity contribution in [3.05, 3.63) is 29.8 Å². The third kappa shape index (κ3) is 5.96. The molecule has 2 N–H and O–H groups in total. The number of ether oxygens (including phenoxy) is 1. The van der Waals surface area contributed by atoms with E-state index < -0.39 is 0 Å². The first-order valence-corrected chi connectivity index (χ1v) is 9.09. The molecule has 0 saturated carbocycles. The highest BCUT2D eigenvalue weighted by Crippen LogP contribution is 2.15. The summed E-state index contributed by atoms with van der Waals surface area (Å²) in [6.45, 7) is 8.41. The number of guanidine groups is 1. The van der Waals surface area contributed by atoms with Gasteiger partial charge in [0, 0.05) is 31.7 Å². The lowest BCUT2D eigenvalue weighted by molar-refractivity contribution is 0.0954. The van der Waals surface area contributed by atoms with Gasteiger partial charge in [0.25, 0.3) is 5.91 Å². The van der Waals surface area contributed by atoms with E-state index in [0.29, 0.717) is 18.7 Å². The molecule has 6 heteroatoms. The van der Waals surface area contributed by atoms with Gasteiger partial charge in [-0.1, -0.05) is 6.92 Å². The average Bonchev–Trinajstić information content (AvgIpc) is 2.65. The quantitative estimate of drug-likeness (QED) is 0.470. The van der Waals surface area contributed by atoms with Crippen molar-refractivity contribution >= 4 is 11.9 Å². The smallest absolute Gasteiger partial charge is 0.251 e. The Labute approximate surface area is 150 Å². The Morgan fingerprint density at radius 2 is 1.92 bits per heavy atom. The fraction of sp³-hybridized carbons (Fsp3) is 0.579. The fourth-order valence-electron chi connectivity index (χ4n) is 2.82. The standard InChI is InChI=1S/C19H30N4O2/c1-4-20-19(23-13-9-15(2)10-14-23)22-12-11-21-18(24)16-5-7-17(25-3)8-6-16/h5-8,15H,4,9-14H2,1-3H3,(H,20,22)(H,21,24). The zero-order valence-corrected chi connectivity index (χ0v) is 15.5. The van der Waals surface area contributed by atoms with E-state index in [2.05, 4.69) is 34.4 Å². The second-order valence-corrected chi connectivity index (χ2v) is 6.39. The third-order valence-corrected chi connectivity index (χ3v) is 4.43. The van der Waals surface area contributed by atoms with E-state index >= 15 is 0 Å². The lowest BCUT2D eigenvalue weighted by atomic mass is 10.00. The summed E-state index contributed by atoms with van der Waals surface area (Å²) in [7, 11) is 1.61. The Balaban J connectivity index is 1.81. The molecule has 0 spiro atoms. The molecule has 25 heavy (non-hydrogen) atoms. The highest BCUT2D eigenvalue weighted by Gasteiger charge is 2.18. The van der Waals surface area contributed by atoms with Gasteiger partial charge in [0.05, 0.1) is 13.7 Å². The molecule has 1 aliphatic rings. The van der Waals surface area contributed by atoms with Gasteiger partial charge in [0.2, 0.25) is 0 Å². The molecule has 1 saturated heterocycles. The zero-order chi connectivity index (χ0) is 18.1. The third-order valence-electron chi connectivity index (χ3n) is 4.43. The van der Waals surface area contributed by atoms with Crippen LogP contribution in [0.1, 0.15) is 37.0 Å². The summed E-state index contributed by atoms with van der Waals surface area (Å²) in [5.41, 5.74) is 0.627. The SMILES string of the molecule is CCNC(=NCCNC(=O)c1ccc(OC)cc1)N1CCC(C)CC1. The second kappa shape index (κ2) is 9.91. The van der Waals surface area contributed by atoms with Gasteiger partial charge in [-0.2, -0.15) is 0 Å². The van der Waals surface area contributed by atoms with Gasteiger partial charge < -0.3 is 20.3 Å². The van der Waals surface area contributed by atoms with Crippen molar-refractivity contribution in [2.24, 2.45) is 10.9 Å². The van der Waals surface area contributed by atoms with Crippen LogP contribution in [0, 0.1) is 5.92 Å². The molecule has 1 aliphatic heterocycles. The van der Waals surface area contributed by atoms with Crippen LogP contribution in [0.5, 0.6) is 5.75 Å². The van der Waals surface area contributed by atoms with Crippen molar-refractivity contribution < 1.29 is 9.53 Å². The first kappa shape index (κ1) is 19.1. The molecule has 0 aromatic heterocycles. The summed E-state index contributed by atoms with van der Waals surface area (Å²) in [5.74, 6) is 2.40. The number of likely N-dealkylation sites (tertiary alicyclic amines) is 1. The minimum atomic E-state index is -0.0883. The molecule has 1 aromatic carbocycles. The maximum Gasteiger partial charge on any atom is 0.251 e. The lowest BCUT2D eigenvalue weighted by Gasteiger charge is -2.33. The van der Waals surface area contributed by atoms with Crippen molar-refractivity contribution in [1.82, 2.24) is 15.5 Å². The normalized spacial score (nSPS) is 15.8. The summed E-state index contributed by atoms with van der Waals surface area (Å²) >= 11 is 0. The van der Waals surface area contributed by atoms with E-state index in [1.165, 1.54) is 12.8 Å². The minimum absolute atomic E-state index is 0.0883. The molecule has 1 fully saturated rings. The van der Waals surface area contributed by atoms with Crippen LogP contribution >= 0.6 is 0 Å². The highest BCUT2D eigenvalue weighted by molar-refractivity contribution is 5.94. The number of nitrogens with zero attached hydrogens (tertiary/aromatic N) is 2. The van der Waals surface area contributed by atoms with Crippen LogP contribution in [0.25, 0.3) is 0 Å². The molecule has 0 radical (unpaired) electrons. The Bertz CT molecular complexity index is 563. The van der Waals surface area contributed by atoms with Crippen LogP contribution in [-0.4, -0.2) is 56.6 Å². The number of hydrogen-bond donors (Lipinski definition) is 2. The number of carbonyl (C=O) groups is 1. The Hall–Kier alpha value is -2.24. The maximum absolute atomic E-state index is 12.1. The van der Waals surface area contributed by atoms with Crippen LogP contribution in [-0.2, 0) is 0 Å². The van der Waals surface area contributed by atoms with Gasteiger partial charge in [-0.25, -0.2) is 0 Å². The lowest BCUT2D eigenvalue weighted by Crippen LogP contribution is -2.45. The summed E-state index contributed by atoms with van der Waals surface area (Å²) in [4.78, 5) is 19.1. The number of carbonyl (C=O) groups excluding carboxylic acids is 1. The predicted molar refractivity (Wildman–Crippen MR) is 101 cm³/mol. The zero-order valence-electron chi connectivity index (χ0n) is 15.5. The van der Waals surface area contributed by atoms with E-state index in [1.54, 1.807) is 31.4 Å². The molecule has 1 heterocycles. The molecule has 0 aliphatic carbocycles. The van der Waals surface area contributed by atoms with Gasteiger partial charge in [-0.05, 0) is 49.9 Å². The van der Waals surface area contributed by atoms with Gasteiger partial charge in [0.1, 0.15) is 5.75 Å². The minimum Gasteiger partial charge on any atom is -0.497 e. The number of piperidine rings is 1. The van der Waals surface area contributed by atoms with Crippen LogP contribution in [0.3, 0.4) is 0 Å². The monoisotopic (exact) mass is 346 g/mol. The molecule has 6 nitrogen and oxygen atoms in total. The first-order valence-electron chi connectivity index (χ1n) is 9.09. The average molecular weight is 346 g/mol. The van der Waals surface area contributed by atoms with Gasteiger partial charge in [-0.3, -0.25) is 9.79 Å². The Kier molecular flexibility index (Phi) is 7.57. The topological polar surface area (TPSA) is 66.0 Å². The number of nitrogens with one attached hydrogen (secondary N) is 2. The Morgan fingerprint density at radius 1 is 1.24 bits per heavy atom. The Morgan fingerprint density at radius 3 is 2.52 bits per heavy atom. The van der Waals surface area contributed by atoms with Crippen molar-refractivity contribution in [1.29, 1.82) is 0 Å². The molecular formula is C19H30N4O2. The van der Waals surface area contributed by atoms with Crippen molar-refractivity contribution in [3.63, 3.8) is 0 Å². The summed E-state index contributed by atoms with van der Waals surface area (Å²) < 4.78 is 5.10. The molecule has 0 atom stereocenters. The van der Waals surface area contributed by atoms with Gasteiger partial charge >= 0.3 is 0 Å². The number of amides is 1. The highest BCUT2D eigenvalue weighted by atomic mass is 16.5. The van der Waals surface area contributed by atoms with E-state index in [4.69, 9.17) is 4.74 Å². The van der Waals surface area contributed by atoms with E-state index in [-0.39, 0.29) is 5.91 Å². The largest absolute Gasteiger partial charge is 0.497 e. The van der Waals surface area contributed by atoms with Crippen molar-refractivity contribution in [3.8, 4) is 5.75 Å². The fourth-order valence-corrected chi connectivity index (χ4v) is 2.82. The van der Waals surface area contributed by atoms with Crippen LogP contribution < -0.4 is 15.4 Å². The number of aliphatic imine (C=N–C) groups is 1. The van der Waals surface area contributed by atoms with Gasteiger partial charge in [0.15, 0.2) is 5.96 Å². The molecule has 1 amide bonds. The maximum atomic E-state index is 12.1. The number of methoxy groups -OCH3 is 1.